The maximum Gasteiger partial charge on any atom is 0.409 e. The maximum atomic E-state index is 12.0. The Morgan fingerprint density at radius 1 is 1.13 bits per heavy atom. The molecule has 1 N–H and O–H groups in total. The van der Waals surface area contributed by atoms with Gasteiger partial charge in [-0.05, 0) is 44.4 Å². The van der Waals surface area contributed by atoms with Gasteiger partial charge in [0.2, 0.25) is 0 Å². The number of hydrogen-bond donors (Lipinski definition) is 1. The number of amides is 2. The van der Waals surface area contributed by atoms with Crippen LogP contribution in [0.5, 0.6) is 11.5 Å². The standard InChI is InChI=1S/C22H30N2O7/c1-4-6-16-7-8-18(19(13-16)28-3)30-15-21(26)31-14-20(25)23-17-9-11-24(12-10-17)22(27)29-5-2/h4,6-8,13,17H,5,9-12,14-15H2,1-3H3,(H,23,25)/b6-4+. The van der Waals surface area contributed by atoms with E-state index in [0.717, 1.165) is 5.56 Å². The van der Waals surface area contributed by atoms with E-state index in [1.165, 1.54) is 7.11 Å². The molecule has 1 aromatic rings. The zero-order valence-electron chi connectivity index (χ0n) is 18.2. The number of likely N-dealkylation sites (tertiary alicyclic amines) is 1. The van der Waals surface area contributed by atoms with Crippen LogP contribution < -0.4 is 14.8 Å². The zero-order valence-corrected chi connectivity index (χ0v) is 18.2. The van der Waals surface area contributed by atoms with Crippen LogP contribution in [0.1, 0.15) is 32.3 Å². The molecule has 170 valence electrons. The van der Waals surface area contributed by atoms with E-state index in [2.05, 4.69) is 5.32 Å². The molecule has 1 aromatic carbocycles. The fourth-order valence-electron chi connectivity index (χ4n) is 3.11. The van der Waals surface area contributed by atoms with E-state index in [1.54, 1.807) is 24.0 Å². The van der Waals surface area contributed by atoms with Crippen molar-refractivity contribution < 1.29 is 33.3 Å². The first-order chi connectivity index (χ1) is 15.0. The van der Waals surface area contributed by atoms with E-state index < -0.39 is 18.5 Å². The van der Waals surface area contributed by atoms with Crippen LogP contribution in [0.4, 0.5) is 4.79 Å². The van der Waals surface area contributed by atoms with Gasteiger partial charge in [0.15, 0.2) is 24.7 Å². The molecular formula is C22H30N2O7. The number of benzene rings is 1. The van der Waals surface area contributed by atoms with E-state index >= 15 is 0 Å². The van der Waals surface area contributed by atoms with Crippen LogP contribution in [-0.2, 0) is 19.1 Å². The van der Waals surface area contributed by atoms with Crippen molar-refractivity contribution in [3.63, 3.8) is 0 Å². The predicted octanol–water partition coefficient (Wildman–Crippen LogP) is 2.39. The average molecular weight is 434 g/mol. The van der Waals surface area contributed by atoms with Gasteiger partial charge in [0.25, 0.3) is 5.91 Å². The van der Waals surface area contributed by atoms with E-state index in [4.69, 9.17) is 18.9 Å². The average Bonchev–Trinajstić information content (AvgIpc) is 2.77. The largest absolute Gasteiger partial charge is 0.493 e. The molecule has 0 atom stereocenters. The minimum atomic E-state index is -0.660. The Morgan fingerprint density at radius 2 is 1.87 bits per heavy atom. The number of allylic oxidation sites excluding steroid dienone is 1. The Hall–Kier alpha value is -3.23. The molecule has 0 spiro atoms. The van der Waals surface area contributed by atoms with Crippen LogP contribution in [-0.4, -0.2) is 68.9 Å². The van der Waals surface area contributed by atoms with Gasteiger partial charge in [-0.2, -0.15) is 0 Å². The van der Waals surface area contributed by atoms with Crippen molar-refractivity contribution in [1.82, 2.24) is 10.2 Å². The third kappa shape index (κ3) is 7.84. The molecule has 1 heterocycles. The minimum absolute atomic E-state index is 0.0759. The number of esters is 1. The van der Waals surface area contributed by atoms with Crippen molar-refractivity contribution in [3.8, 4) is 11.5 Å². The Bertz CT molecular complexity index is 786. The highest BCUT2D eigenvalue weighted by Crippen LogP contribution is 2.28. The molecular weight excluding hydrogens is 404 g/mol. The molecule has 31 heavy (non-hydrogen) atoms. The van der Waals surface area contributed by atoms with E-state index in [1.807, 2.05) is 25.1 Å². The molecule has 1 aliphatic heterocycles. The number of rotatable bonds is 9. The topological polar surface area (TPSA) is 103 Å². The summed E-state index contributed by atoms with van der Waals surface area (Å²) in [5.74, 6) is -0.149. The Balaban J connectivity index is 1.70. The summed E-state index contributed by atoms with van der Waals surface area (Å²) in [7, 11) is 1.52. The van der Waals surface area contributed by atoms with Crippen LogP contribution in [0.2, 0.25) is 0 Å². The van der Waals surface area contributed by atoms with E-state index in [9.17, 15) is 14.4 Å². The van der Waals surface area contributed by atoms with Gasteiger partial charge in [-0.3, -0.25) is 4.79 Å². The monoisotopic (exact) mass is 434 g/mol. The molecule has 9 nitrogen and oxygen atoms in total. The van der Waals surface area contributed by atoms with Gasteiger partial charge in [0.05, 0.1) is 13.7 Å². The summed E-state index contributed by atoms with van der Waals surface area (Å²) in [6.45, 7) is 4.28. The third-order valence-electron chi connectivity index (χ3n) is 4.64. The smallest absolute Gasteiger partial charge is 0.409 e. The first-order valence-electron chi connectivity index (χ1n) is 10.3. The van der Waals surface area contributed by atoms with Crippen LogP contribution >= 0.6 is 0 Å². The quantitative estimate of drug-likeness (QED) is 0.595. The van der Waals surface area contributed by atoms with Crippen molar-refractivity contribution >= 4 is 24.0 Å². The van der Waals surface area contributed by atoms with Gasteiger partial charge in [-0.25, -0.2) is 9.59 Å². The van der Waals surface area contributed by atoms with Crippen LogP contribution in [0.15, 0.2) is 24.3 Å². The van der Waals surface area contributed by atoms with E-state index in [0.29, 0.717) is 44.0 Å². The number of methoxy groups -OCH3 is 1. The molecule has 2 amide bonds. The number of nitrogens with one attached hydrogen (secondary N) is 1. The van der Waals surface area contributed by atoms with Gasteiger partial charge in [0, 0.05) is 19.1 Å². The molecule has 1 saturated heterocycles. The summed E-state index contributed by atoms with van der Waals surface area (Å²) in [4.78, 5) is 37.3. The summed E-state index contributed by atoms with van der Waals surface area (Å²) < 4.78 is 20.7. The number of hydrogen-bond acceptors (Lipinski definition) is 7. The van der Waals surface area contributed by atoms with Crippen molar-refractivity contribution in [2.24, 2.45) is 0 Å². The maximum absolute atomic E-state index is 12.0. The minimum Gasteiger partial charge on any atom is -0.493 e. The van der Waals surface area contributed by atoms with Gasteiger partial charge < -0.3 is 29.2 Å². The van der Waals surface area contributed by atoms with Crippen molar-refractivity contribution in [1.29, 1.82) is 0 Å². The first-order valence-corrected chi connectivity index (χ1v) is 10.3. The molecule has 0 saturated carbocycles. The third-order valence-corrected chi connectivity index (χ3v) is 4.64. The summed E-state index contributed by atoms with van der Waals surface area (Å²) in [5.41, 5.74) is 0.944. The second-order valence-electron chi connectivity index (χ2n) is 6.89. The van der Waals surface area contributed by atoms with E-state index in [-0.39, 0.29) is 18.7 Å². The summed E-state index contributed by atoms with van der Waals surface area (Å²) >= 11 is 0. The number of ether oxygens (including phenoxy) is 4. The molecule has 0 unspecified atom stereocenters. The van der Waals surface area contributed by atoms with Crippen LogP contribution in [0.25, 0.3) is 6.08 Å². The van der Waals surface area contributed by atoms with Crippen molar-refractivity contribution in [3.05, 3.63) is 29.8 Å². The summed E-state index contributed by atoms with van der Waals surface area (Å²) in [6, 6.07) is 5.26. The number of nitrogens with zero attached hydrogens (tertiary/aromatic N) is 1. The van der Waals surface area contributed by atoms with Gasteiger partial charge in [-0.15, -0.1) is 0 Å². The van der Waals surface area contributed by atoms with Gasteiger partial charge >= 0.3 is 12.1 Å². The number of piperidine rings is 1. The Kier molecular flexibility index (Phi) is 9.67. The number of carbonyl (C=O) groups is 3. The second-order valence-corrected chi connectivity index (χ2v) is 6.89. The number of carbonyl (C=O) groups excluding carboxylic acids is 3. The highest BCUT2D eigenvalue weighted by Gasteiger charge is 2.24. The highest BCUT2D eigenvalue weighted by atomic mass is 16.6. The fraction of sp³-hybridized carbons (Fsp3) is 0.500. The highest BCUT2D eigenvalue weighted by molar-refractivity contribution is 5.81. The molecule has 2 rings (SSSR count). The summed E-state index contributed by atoms with van der Waals surface area (Å²) in [5, 5.41) is 2.81. The summed E-state index contributed by atoms with van der Waals surface area (Å²) in [6.07, 6.45) is 4.71. The normalized spacial score (nSPS) is 14.2. The molecule has 0 aromatic heterocycles. The van der Waals surface area contributed by atoms with Crippen LogP contribution in [0.3, 0.4) is 0 Å². The SMILES string of the molecule is C/C=C/c1ccc(OCC(=O)OCC(=O)NC2CCN(C(=O)OCC)CC2)c(OC)c1. The lowest BCUT2D eigenvalue weighted by Crippen LogP contribution is -2.47. The lowest BCUT2D eigenvalue weighted by Gasteiger charge is -2.31. The lowest BCUT2D eigenvalue weighted by atomic mass is 10.1. The van der Waals surface area contributed by atoms with Crippen molar-refractivity contribution in [2.45, 2.75) is 32.7 Å². The molecule has 1 fully saturated rings. The first kappa shape index (κ1) is 24.0. The zero-order chi connectivity index (χ0) is 22.6. The molecule has 0 radical (unpaired) electrons. The fourth-order valence-corrected chi connectivity index (χ4v) is 3.11. The lowest BCUT2D eigenvalue weighted by molar-refractivity contribution is -0.150. The van der Waals surface area contributed by atoms with Crippen molar-refractivity contribution in [2.75, 3.05) is 40.0 Å². The molecule has 0 bridgehead atoms. The van der Waals surface area contributed by atoms with Gasteiger partial charge in [-0.1, -0.05) is 18.2 Å². The molecule has 9 heteroatoms. The predicted molar refractivity (Wildman–Crippen MR) is 114 cm³/mol. The second kappa shape index (κ2) is 12.5. The molecule has 0 aliphatic carbocycles. The molecule has 1 aliphatic rings. The Labute approximate surface area is 182 Å². The van der Waals surface area contributed by atoms with Crippen LogP contribution in [0, 0.1) is 0 Å². The van der Waals surface area contributed by atoms with Gasteiger partial charge in [0.1, 0.15) is 0 Å². The Morgan fingerprint density at radius 3 is 2.52 bits per heavy atom.